The van der Waals surface area contributed by atoms with Crippen LogP contribution in [0, 0.1) is 5.82 Å². The van der Waals surface area contributed by atoms with Crippen LogP contribution in [0.3, 0.4) is 0 Å². The third-order valence-corrected chi connectivity index (χ3v) is 4.81. The van der Waals surface area contributed by atoms with Crippen molar-refractivity contribution in [2.45, 2.75) is 52.1 Å². The second-order valence-electron chi connectivity index (χ2n) is 7.23. The van der Waals surface area contributed by atoms with Gasteiger partial charge in [-0.05, 0) is 49.6 Å². The van der Waals surface area contributed by atoms with E-state index < -0.39 is 6.04 Å². The summed E-state index contributed by atoms with van der Waals surface area (Å²) in [6.07, 6.45) is 2.67. The highest BCUT2D eigenvalue weighted by Crippen LogP contribution is 2.14. The Morgan fingerprint density at radius 3 is 2.43 bits per heavy atom. The topological polar surface area (TPSA) is 58.6 Å². The molecule has 30 heavy (non-hydrogen) atoms. The highest BCUT2D eigenvalue weighted by Gasteiger charge is 2.25. The van der Waals surface area contributed by atoms with E-state index in [0.717, 1.165) is 24.2 Å². The molecule has 0 spiro atoms. The molecule has 2 aromatic carbocycles. The third kappa shape index (κ3) is 7.85. The van der Waals surface area contributed by atoms with Crippen molar-refractivity contribution in [1.82, 2.24) is 10.2 Å². The molecule has 0 aliphatic carbocycles. The summed E-state index contributed by atoms with van der Waals surface area (Å²) in [7, 11) is 0. The van der Waals surface area contributed by atoms with Gasteiger partial charge < -0.3 is 15.0 Å². The van der Waals surface area contributed by atoms with E-state index in [-0.39, 0.29) is 30.6 Å². The number of halogens is 1. The molecule has 162 valence electrons. The van der Waals surface area contributed by atoms with E-state index >= 15 is 0 Å². The van der Waals surface area contributed by atoms with Crippen LogP contribution >= 0.6 is 0 Å². The molecule has 0 saturated heterocycles. The molecule has 2 rings (SSSR count). The summed E-state index contributed by atoms with van der Waals surface area (Å²) in [6, 6.07) is 14.8. The van der Waals surface area contributed by atoms with Crippen LogP contribution in [-0.4, -0.2) is 35.9 Å². The van der Waals surface area contributed by atoms with E-state index in [2.05, 4.69) is 12.2 Å². The normalized spacial score (nSPS) is 11.6. The molecular formula is C24H31FN2O3. The van der Waals surface area contributed by atoms with Gasteiger partial charge in [0.25, 0.3) is 0 Å². The maximum Gasteiger partial charge on any atom is 0.242 e. The number of carbonyl (C=O) groups is 2. The van der Waals surface area contributed by atoms with Gasteiger partial charge in [0.1, 0.15) is 17.6 Å². The molecule has 0 saturated carbocycles. The minimum absolute atomic E-state index is 0.130. The Balaban J connectivity index is 1.96. The maximum atomic E-state index is 13.2. The summed E-state index contributed by atoms with van der Waals surface area (Å²) in [5.74, 6) is 0.116. The number of hydrogen-bond acceptors (Lipinski definition) is 3. The van der Waals surface area contributed by atoms with Crippen LogP contribution in [0.2, 0.25) is 0 Å². The van der Waals surface area contributed by atoms with E-state index in [1.165, 1.54) is 12.1 Å². The van der Waals surface area contributed by atoms with E-state index in [4.69, 9.17) is 4.74 Å². The fourth-order valence-electron chi connectivity index (χ4n) is 2.98. The Labute approximate surface area is 178 Å². The third-order valence-electron chi connectivity index (χ3n) is 4.81. The summed E-state index contributed by atoms with van der Waals surface area (Å²) in [6.45, 7) is 5.03. The smallest absolute Gasteiger partial charge is 0.242 e. The zero-order valence-corrected chi connectivity index (χ0v) is 17.8. The van der Waals surface area contributed by atoms with E-state index in [9.17, 15) is 14.0 Å². The van der Waals surface area contributed by atoms with Crippen molar-refractivity contribution >= 4 is 11.8 Å². The Hall–Kier alpha value is -2.89. The molecule has 0 aromatic heterocycles. The van der Waals surface area contributed by atoms with Gasteiger partial charge in [-0.3, -0.25) is 9.59 Å². The van der Waals surface area contributed by atoms with Gasteiger partial charge in [0.05, 0.1) is 6.61 Å². The molecule has 1 N–H and O–H groups in total. The lowest BCUT2D eigenvalue weighted by atomic mass is 10.1. The number of para-hydroxylation sites is 1. The van der Waals surface area contributed by atoms with Crippen LogP contribution in [0.25, 0.3) is 0 Å². The quantitative estimate of drug-likeness (QED) is 0.526. The fourth-order valence-corrected chi connectivity index (χ4v) is 2.98. The summed E-state index contributed by atoms with van der Waals surface area (Å²) >= 11 is 0. The lowest BCUT2D eigenvalue weighted by Gasteiger charge is -2.29. The van der Waals surface area contributed by atoms with Gasteiger partial charge in [-0.1, -0.05) is 43.7 Å². The maximum absolute atomic E-state index is 13.2. The van der Waals surface area contributed by atoms with E-state index in [0.29, 0.717) is 19.6 Å². The number of ether oxygens (including phenoxy) is 1. The van der Waals surface area contributed by atoms with Crippen molar-refractivity contribution < 1.29 is 18.7 Å². The van der Waals surface area contributed by atoms with Gasteiger partial charge in [0.15, 0.2) is 0 Å². The van der Waals surface area contributed by atoms with Crippen molar-refractivity contribution in [2.75, 3.05) is 13.2 Å². The molecule has 0 fully saturated rings. The Bertz CT molecular complexity index is 781. The standard InChI is InChI=1S/C24H31FN2O3/c1-3-4-16-26-24(29)19(2)27(18-20-12-14-21(25)15-13-20)23(28)11-8-17-30-22-9-6-5-7-10-22/h5-7,9-10,12-15,19H,3-4,8,11,16-18H2,1-2H3,(H,26,29)/t19-/m1/s1. The van der Waals surface area contributed by atoms with Crippen molar-refractivity contribution in [3.8, 4) is 5.75 Å². The van der Waals surface area contributed by atoms with Crippen molar-refractivity contribution in [2.24, 2.45) is 0 Å². The number of nitrogens with zero attached hydrogens (tertiary/aromatic N) is 1. The van der Waals surface area contributed by atoms with Crippen molar-refractivity contribution in [3.63, 3.8) is 0 Å². The van der Waals surface area contributed by atoms with Crippen LogP contribution in [-0.2, 0) is 16.1 Å². The van der Waals surface area contributed by atoms with Gasteiger partial charge in [0.2, 0.25) is 11.8 Å². The molecule has 0 bridgehead atoms. The van der Waals surface area contributed by atoms with Crippen molar-refractivity contribution in [1.29, 1.82) is 0 Å². The molecule has 0 unspecified atom stereocenters. The number of benzene rings is 2. The second-order valence-corrected chi connectivity index (χ2v) is 7.23. The molecule has 2 amide bonds. The van der Waals surface area contributed by atoms with Gasteiger partial charge >= 0.3 is 0 Å². The Kier molecular flexibility index (Phi) is 9.84. The van der Waals surface area contributed by atoms with Crippen LogP contribution < -0.4 is 10.1 Å². The minimum atomic E-state index is -0.616. The van der Waals surface area contributed by atoms with E-state index in [1.54, 1.807) is 24.0 Å². The SMILES string of the molecule is CCCCNC(=O)[C@@H](C)N(Cc1ccc(F)cc1)C(=O)CCCOc1ccccc1. The Morgan fingerprint density at radius 2 is 1.77 bits per heavy atom. The first kappa shape index (κ1) is 23.4. The first-order valence-electron chi connectivity index (χ1n) is 10.5. The van der Waals surface area contributed by atoms with Gasteiger partial charge in [-0.2, -0.15) is 0 Å². The average molecular weight is 415 g/mol. The highest BCUT2D eigenvalue weighted by atomic mass is 19.1. The first-order valence-corrected chi connectivity index (χ1v) is 10.5. The predicted octanol–water partition coefficient (Wildman–Crippen LogP) is 4.32. The predicted molar refractivity (Wildman–Crippen MR) is 116 cm³/mol. The molecule has 5 nitrogen and oxygen atoms in total. The Morgan fingerprint density at radius 1 is 1.07 bits per heavy atom. The van der Waals surface area contributed by atoms with Crippen LogP contribution in [0.1, 0.15) is 45.1 Å². The number of amides is 2. The number of rotatable bonds is 12. The lowest BCUT2D eigenvalue weighted by molar-refractivity contribution is -0.140. The summed E-state index contributed by atoms with van der Waals surface area (Å²) < 4.78 is 18.9. The summed E-state index contributed by atoms with van der Waals surface area (Å²) in [5, 5.41) is 2.88. The summed E-state index contributed by atoms with van der Waals surface area (Å²) in [4.78, 5) is 27.0. The van der Waals surface area contributed by atoms with Gasteiger partial charge in [-0.15, -0.1) is 0 Å². The van der Waals surface area contributed by atoms with Gasteiger partial charge in [-0.25, -0.2) is 4.39 Å². The van der Waals surface area contributed by atoms with Crippen LogP contribution in [0.4, 0.5) is 4.39 Å². The zero-order chi connectivity index (χ0) is 21.8. The van der Waals surface area contributed by atoms with Crippen LogP contribution in [0.5, 0.6) is 5.75 Å². The zero-order valence-electron chi connectivity index (χ0n) is 17.8. The summed E-state index contributed by atoms with van der Waals surface area (Å²) in [5.41, 5.74) is 0.776. The molecule has 0 aliphatic heterocycles. The number of hydrogen-bond donors (Lipinski definition) is 1. The minimum Gasteiger partial charge on any atom is -0.494 e. The second kappa shape index (κ2) is 12.6. The highest BCUT2D eigenvalue weighted by molar-refractivity contribution is 5.87. The number of carbonyl (C=O) groups excluding carboxylic acids is 2. The number of unbranched alkanes of at least 4 members (excludes halogenated alkanes) is 1. The molecule has 1 atom stereocenters. The average Bonchev–Trinajstić information content (AvgIpc) is 2.76. The molecular weight excluding hydrogens is 383 g/mol. The molecule has 0 radical (unpaired) electrons. The largest absolute Gasteiger partial charge is 0.494 e. The molecule has 0 heterocycles. The van der Waals surface area contributed by atoms with Crippen LogP contribution in [0.15, 0.2) is 54.6 Å². The van der Waals surface area contributed by atoms with Gasteiger partial charge in [0, 0.05) is 19.5 Å². The molecule has 2 aromatic rings. The fraction of sp³-hybridized carbons (Fsp3) is 0.417. The van der Waals surface area contributed by atoms with Crippen molar-refractivity contribution in [3.05, 3.63) is 66.0 Å². The lowest BCUT2D eigenvalue weighted by Crippen LogP contribution is -2.47. The monoisotopic (exact) mass is 414 g/mol. The molecule has 6 heteroatoms. The molecule has 0 aliphatic rings. The number of nitrogens with one attached hydrogen (secondary N) is 1. The van der Waals surface area contributed by atoms with E-state index in [1.807, 2.05) is 30.3 Å². The first-order chi connectivity index (χ1) is 14.5.